The van der Waals surface area contributed by atoms with Crippen molar-refractivity contribution in [3.8, 4) is 16.3 Å². The maximum absolute atomic E-state index is 13.8. The van der Waals surface area contributed by atoms with E-state index in [9.17, 15) is 9.59 Å². The van der Waals surface area contributed by atoms with Crippen LogP contribution in [0.1, 0.15) is 23.8 Å². The zero-order valence-electron chi connectivity index (χ0n) is 20.0. The molecule has 37 heavy (non-hydrogen) atoms. The van der Waals surface area contributed by atoms with Gasteiger partial charge in [-0.15, -0.1) is 11.3 Å². The van der Waals surface area contributed by atoms with Crippen LogP contribution in [-0.2, 0) is 17.6 Å². The Morgan fingerprint density at radius 3 is 2.65 bits per heavy atom. The van der Waals surface area contributed by atoms with Crippen LogP contribution in [0.5, 0.6) is 0 Å². The number of fused-ring (bicyclic) bond motifs is 3. The van der Waals surface area contributed by atoms with Crippen molar-refractivity contribution in [1.29, 1.82) is 0 Å². The van der Waals surface area contributed by atoms with Crippen LogP contribution in [0.25, 0.3) is 26.5 Å². The molecule has 1 atom stereocenters. The first kappa shape index (κ1) is 24.0. The van der Waals surface area contributed by atoms with E-state index in [1.54, 1.807) is 15.9 Å². The fourth-order valence-electron chi connectivity index (χ4n) is 4.54. The van der Waals surface area contributed by atoms with Crippen LogP contribution < -0.4 is 10.9 Å². The zero-order valence-corrected chi connectivity index (χ0v) is 22.5. The molecule has 1 amide bonds. The molecule has 186 valence electrons. The van der Waals surface area contributed by atoms with E-state index in [1.165, 1.54) is 28.2 Å². The summed E-state index contributed by atoms with van der Waals surface area (Å²) in [6.07, 6.45) is 2.97. The molecular formula is C27H23N5O2S3. The number of anilines is 1. The van der Waals surface area contributed by atoms with E-state index in [0.717, 1.165) is 51.3 Å². The number of thiophene rings is 1. The van der Waals surface area contributed by atoms with Gasteiger partial charge in [0.05, 0.1) is 16.8 Å². The van der Waals surface area contributed by atoms with Gasteiger partial charge >= 0.3 is 0 Å². The predicted octanol–water partition coefficient (Wildman–Crippen LogP) is 5.82. The van der Waals surface area contributed by atoms with Gasteiger partial charge in [0.1, 0.15) is 9.84 Å². The second-order valence-corrected chi connectivity index (χ2v) is 11.8. The maximum Gasteiger partial charge on any atom is 0.267 e. The average Bonchev–Trinajstić information content (AvgIpc) is 3.52. The Morgan fingerprint density at radius 1 is 1.11 bits per heavy atom. The molecule has 1 N–H and O–H groups in total. The Bertz CT molecular complexity index is 1640. The summed E-state index contributed by atoms with van der Waals surface area (Å²) < 4.78 is 5.91. The summed E-state index contributed by atoms with van der Waals surface area (Å²) in [4.78, 5) is 38.0. The van der Waals surface area contributed by atoms with Crippen molar-refractivity contribution >= 4 is 56.7 Å². The largest absolute Gasteiger partial charge is 0.293 e. The van der Waals surface area contributed by atoms with Gasteiger partial charge in [-0.3, -0.25) is 19.5 Å². The minimum atomic E-state index is -0.254. The predicted molar refractivity (Wildman–Crippen MR) is 151 cm³/mol. The third kappa shape index (κ3) is 4.84. The molecule has 0 radical (unpaired) electrons. The van der Waals surface area contributed by atoms with Crippen molar-refractivity contribution in [2.75, 3.05) is 11.1 Å². The molecule has 10 heteroatoms. The molecule has 0 spiro atoms. The lowest BCUT2D eigenvalue weighted by Gasteiger charge is -2.17. The number of aryl methyl sites for hydroxylation is 1. The molecular weight excluding hydrogens is 523 g/mol. The minimum Gasteiger partial charge on any atom is -0.293 e. The van der Waals surface area contributed by atoms with Crippen molar-refractivity contribution in [3.05, 3.63) is 81.5 Å². The molecule has 6 rings (SSSR count). The third-order valence-electron chi connectivity index (χ3n) is 6.34. The second-order valence-electron chi connectivity index (χ2n) is 9.03. The van der Waals surface area contributed by atoms with Crippen molar-refractivity contribution in [2.45, 2.75) is 31.3 Å². The summed E-state index contributed by atoms with van der Waals surface area (Å²) in [6.45, 7) is 2.25. The normalized spacial score (nSPS) is 15.0. The maximum atomic E-state index is 13.8. The molecule has 0 saturated heterocycles. The highest BCUT2D eigenvalue weighted by molar-refractivity contribution is 7.99. The number of carbonyl (C=O) groups is 1. The number of nitrogens with one attached hydrogen (secondary N) is 1. The van der Waals surface area contributed by atoms with Gasteiger partial charge in [-0.2, -0.15) is 9.36 Å². The van der Waals surface area contributed by atoms with Crippen LogP contribution in [0.15, 0.2) is 70.6 Å². The Morgan fingerprint density at radius 2 is 1.86 bits per heavy atom. The average molecular weight is 546 g/mol. The molecule has 3 aromatic heterocycles. The fraction of sp³-hybridized carbons (Fsp3) is 0.222. The van der Waals surface area contributed by atoms with Gasteiger partial charge in [-0.25, -0.2) is 4.98 Å². The number of carbonyl (C=O) groups excluding carboxylic acids is 1. The van der Waals surface area contributed by atoms with Crippen LogP contribution >= 0.6 is 34.6 Å². The molecule has 0 aliphatic heterocycles. The molecule has 0 saturated carbocycles. The quantitative estimate of drug-likeness (QED) is 0.214. The van der Waals surface area contributed by atoms with E-state index in [-0.39, 0.29) is 23.2 Å². The number of hydrogen-bond donors (Lipinski definition) is 1. The summed E-state index contributed by atoms with van der Waals surface area (Å²) in [5, 5.41) is 4.74. The topological polar surface area (TPSA) is 89.8 Å². The highest BCUT2D eigenvalue weighted by atomic mass is 32.2. The lowest BCUT2D eigenvalue weighted by atomic mass is 9.89. The van der Waals surface area contributed by atoms with E-state index in [2.05, 4.69) is 21.6 Å². The van der Waals surface area contributed by atoms with Gasteiger partial charge in [-0.05, 0) is 54.4 Å². The van der Waals surface area contributed by atoms with Crippen LogP contribution in [0.2, 0.25) is 0 Å². The lowest BCUT2D eigenvalue weighted by molar-refractivity contribution is -0.113. The van der Waals surface area contributed by atoms with Gasteiger partial charge in [0, 0.05) is 10.4 Å². The number of rotatable bonds is 6. The van der Waals surface area contributed by atoms with E-state index in [4.69, 9.17) is 4.98 Å². The van der Waals surface area contributed by atoms with Gasteiger partial charge in [0.25, 0.3) is 5.56 Å². The summed E-state index contributed by atoms with van der Waals surface area (Å²) in [6, 6.07) is 19.2. The van der Waals surface area contributed by atoms with Crippen LogP contribution in [-0.4, -0.2) is 30.6 Å². The summed E-state index contributed by atoms with van der Waals surface area (Å²) in [5.74, 6) is 0.706. The molecule has 0 fully saturated rings. The molecule has 0 unspecified atom stereocenters. The smallest absolute Gasteiger partial charge is 0.267 e. The first-order valence-electron chi connectivity index (χ1n) is 12.0. The van der Waals surface area contributed by atoms with Crippen LogP contribution in [0, 0.1) is 5.92 Å². The minimum absolute atomic E-state index is 0.0696. The van der Waals surface area contributed by atoms with Gasteiger partial charge in [0.15, 0.2) is 5.16 Å². The summed E-state index contributed by atoms with van der Waals surface area (Å²) in [7, 11) is 0. The fourth-order valence-corrected chi connectivity index (χ4v) is 7.40. The van der Waals surface area contributed by atoms with Crippen LogP contribution in [0.4, 0.5) is 5.95 Å². The van der Waals surface area contributed by atoms with Crippen molar-refractivity contribution in [2.24, 2.45) is 5.92 Å². The number of thioether (sulfide) groups is 1. The number of nitrogens with zero attached hydrogens (tertiary/aromatic N) is 4. The van der Waals surface area contributed by atoms with Crippen molar-refractivity contribution < 1.29 is 4.79 Å². The molecule has 2 aromatic carbocycles. The molecule has 3 heterocycles. The van der Waals surface area contributed by atoms with Gasteiger partial charge in [-0.1, -0.05) is 67.2 Å². The van der Waals surface area contributed by atoms with Crippen LogP contribution in [0.3, 0.4) is 0 Å². The summed E-state index contributed by atoms with van der Waals surface area (Å²) in [5.41, 5.74) is 2.77. The highest BCUT2D eigenvalue weighted by Gasteiger charge is 2.25. The molecule has 5 aromatic rings. The Hall–Kier alpha value is -3.34. The first-order chi connectivity index (χ1) is 18.1. The number of para-hydroxylation sites is 1. The molecule has 0 bridgehead atoms. The first-order valence-corrected chi connectivity index (χ1v) is 14.6. The number of hydrogen-bond acceptors (Lipinski definition) is 8. The SMILES string of the molecule is C[C@@H]1CCc2c(sc3nc(SCC(=O)Nc4nsc(-c5ccccc5)n4)n(-c4ccccc4)c(=O)c23)C1. The van der Waals surface area contributed by atoms with E-state index in [1.807, 2.05) is 60.7 Å². The zero-order chi connectivity index (χ0) is 25.4. The Labute approximate surface area is 225 Å². The van der Waals surface area contributed by atoms with E-state index < -0.39 is 0 Å². The van der Waals surface area contributed by atoms with Crippen molar-refractivity contribution in [1.82, 2.24) is 18.9 Å². The number of aromatic nitrogens is 4. The monoisotopic (exact) mass is 545 g/mol. The van der Waals surface area contributed by atoms with E-state index in [0.29, 0.717) is 11.1 Å². The summed E-state index contributed by atoms with van der Waals surface area (Å²) >= 11 is 4.09. The lowest BCUT2D eigenvalue weighted by Crippen LogP contribution is -2.23. The second kappa shape index (κ2) is 10.2. The number of benzene rings is 2. The molecule has 1 aliphatic carbocycles. The highest BCUT2D eigenvalue weighted by Crippen LogP contribution is 2.37. The van der Waals surface area contributed by atoms with Gasteiger partial charge in [0.2, 0.25) is 11.9 Å². The molecule has 1 aliphatic rings. The standard InChI is InChI=1S/C27H23N5O2S3/c1-16-12-13-19-20(14-16)36-24-22(19)25(34)32(18-10-6-3-7-11-18)27(30-24)35-15-21(33)28-26-29-23(37-31-26)17-8-4-2-5-9-17/h2-11,16H,12-15H2,1H3,(H,28,31,33)/t16-/m1/s1. The van der Waals surface area contributed by atoms with Gasteiger partial charge < -0.3 is 0 Å². The Kier molecular flexibility index (Phi) is 6.62. The number of amides is 1. The van der Waals surface area contributed by atoms with Crippen molar-refractivity contribution in [3.63, 3.8) is 0 Å². The molecule has 7 nitrogen and oxygen atoms in total. The van der Waals surface area contributed by atoms with E-state index >= 15 is 0 Å². The third-order valence-corrected chi connectivity index (χ3v) is 9.19. The Balaban J connectivity index is 1.28.